The van der Waals surface area contributed by atoms with Crippen molar-refractivity contribution in [3.63, 3.8) is 0 Å². The summed E-state index contributed by atoms with van der Waals surface area (Å²) in [5.41, 5.74) is 2.91. The number of nitrogens with one attached hydrogen (secondary N) is 1. The Hall–Kier alpha value is -2.30. The minimum Gasteiger partial charge on any atom is -0.469 e. The van der Waals surface area contributed by atoms with E-state index in [-0.39, 0.29) is 16.7 Å². The predicted molar refractivity (Wildman–Crippen MR) is 80.5 cm³/mol. The van der Waals surface area contributed by atoms with Gasteiger partial charge in [-0.05, 0) is 31.4 Å². The molecule has 2 aromatic rings. The molecule has 0 bridgehead atoms. The van der Waals surface area contributed by atoms with Crippen molar-refractivity contribution >= 4 is 11.4 Å². The Bertz CT molecular complexity index is 663. The van der Waals surface area contributed by atoms with Gasteiger partial charge >= 0.3 is 0 Å². The summed E-state index contributed by atoms with van der Waals surface area (Å²) in [6, 6.07) is 7.54. The van der Waals surface area contributed by atoms with Crippen molar-refractivity contribution in [3.05, 3.63) is 57.5 Å². The van der Waals surface area contributed by atoms with E-state index >= 15 is 0 Å². The molecule has 5 nitrogen and oxygen atoms in total. The number of nitro benzene ring substituents is 1. The van der Waals surface area contributed by atoms with Crippen LogP contribution in [0.2, 0.25) is 0 Å². The first-order chi connectivity index (χ1) is 10.2. The second-order valence-corrected chi connectivity index (χ2v) is 5.34. The number of benzene rings is 1. The molecule has 21 heavy (non-hydrogen) atoms. The zero-order valence-electron chi connectivity index (χ0n) is 12.0. The van der Waals surface area contributed by atoms with Gasteiger partial charge in [0.25, 0.3) is 5.69 Å². The molecule has 1 atom stereocenters. The number of nitro groups is 1. The molecule has 1 aliphatic carbocycles. The summed E-state index contributed by atoms with van der Waals surface area (Å²) >= 11 is 0. The summed E-state index contributed by atoms with van der Waals surface area (Å²) in [5.74, 6) is 1.03. The van der Waals surface area contributed by atoms with Crippen LogP contribution in [0.4, 0.5) is 11.4 Å². The highest BCUT2D eigenvalue weighted by molar-refractivity contribution is 5.56. The summed E-state index contributed by atoms with van der Waals surface area (Å²) < 4.78 is 5.47. The molecule has 0 aliphatic heterocycles. The monoisotopic (exact) mass is 286 g/mol. The molecule has 1 N–H and O–H groups in total. The third kappa shape index (κ3) is 2.63. The molecular weight excluding hydrogens is 268 g/mol. The third-order valence-corrected chi connectivity index (χ3v) is 4.06. The fraction of sp³-hybridized carbons (Fsp3) is 0.375. The van der Waals surface area contributed by atoms with Gasteiger partial charge in [0.15, 0.2) is 0 Å². The predicted octanol–water partition coefficient (Wildman–Crippen LogP) is 4.24. The van der Waals surface area contributed by atoms with Crippen molar-refractivity contribution in [2.75, 3.05) is 5.32 Å². The molecule has 0 saturated heterocycles. The highest BCUT2D eigenvalue weighted by Crippen LogP contribution is 2.34. The molecule has 3 rings (SSSR count). The number of nitrogens with zero attached hydrogens (tertiary/aromatic N) is 1. The fourth-order valence-corrected chi connectivity index (χ4v) is 2.96. The second-order valence-electron chi connectivity index (χ2n) is 5.34. The highest BCUT2D eigenvalue weighted by Gasteiger charge is 2.23. The van der Waals surface area contributed by atoms with Crippen molar-refractivity contribution in [3.8, 4) is 0 Å². The summed E-state index contributed by atoms with van der Waals surface area (Å²) in [7, 11) is 0. The standard InChI is InChI=1S/C16H18N2O3/c1-2-11-6-7-12(10-15(11)18(19)20)17-14-4-3-5-16-13(14)8-9-21-16/h6-10,14,17H,2-5H2,1H3. The number of hydrogen-bond acceptors (Lipinski definition) is 4. The van der Waals surface area contributed by atoms with Crippen molar-refractivity contribution in [1.82, 2.24) is 0 Å². The largest absolute Gasteiger partial charge is 0.469 e. The van der Waals surface area contributed by atoms with Crippen LogP contribution in [0.25, 0.3) is 0 Å². The van der Waals surface area contributed by atoms with Crippen LogP contribution in [0.3, 0.4) is 0 Å². The summed E-state index contributed by atoms with van der Waals surface area (Å²) in [6.07, 6.45) is 5.41. The molecule has 5 heteroatoms. The molecule has 1 aliphatic rings. The molecule has 1 unspecified atom stereocenters. The Morgan fingerprint density at radius 3 is 3.05 bits per heavy atom. The lowest BCUT2D eigenvalue weighted by atomic mass is 9.93. The van der Waals surface area contributed by atoms with Gasteiger partial charge in [0.2, 0.25) is 0 Å². The topological polar surface area (TPSA) is 68.3 Å². The molecule has 1 heterocycles. The molecule has 0 radical (unpaired) electrons. The van der Waals surface area contributed by atoms with E-state index in [9.17, 15) is 10.1 Å². The first-order valence-corrected chi connectivity index (χ1v) is 7.29. The lowest BCUT2D eigenvalue weighted by Crippen LogP contribution is -2.16. The Morgan fingerprint density at radius 2 is 2.29 bits per heavy atom. The van der Waals surface area contributed by atoms with Crippen LogP contribution in [-0.2, 0) is 12.8 Å². The van der Waals surface area contributed by atoms with E-state index in [1.807, 2.05) is 25.1 Å². The highest BCUT2D eigenvalue weighted by atomic mass is 16.6. The van der Waals surface area contributed by atoms with Crippen LogP contribution >= 0.6 is 0 Å². The van der Waals surface area contributed by atoms with Crippen LogP contribution < -0.4 is 5.32 Å². The number of fused-ring (bicyclic) bond motifs is 1. The lowest BCUT2D eigenvalue weighted by molar-refractivity contribution is -0.385. The number of anilines is 1. The van der Waals surface area contributed by atoms with Gasteiger partial charge < -0.3 is 9.73 Å². The Kier molecular flexibility index (Phi) is 3.64. The maximum Gasteiger partial charge on any atom is 0.274 e. The lowest BCUT2D eigenvalue weighted by Gasteiger charge is -2.23. The smallest absolute Gasteiger partial charge is 0.274 e. The van der Waals surface area contributed by atoms with Crippen LogP contribution in [0.1, 0.15) is 42.7 Å². The Labute approximate surface area is 123 Å². The van der Waals surface area contributed by atoms with Gasteiger partial charge in [-0.15, -0.1) is 0 Å². The summed E-state index contributed by atoms with van der Waals surface area (Å²) in [6.45, 7) is 1.92. The maximum absolute atomic E-state index is 11.1. The second kappa shape index (κ2) is 5.60. The maximum atomic E-state index is 11.1. The SMILES string of the molecule is CCc1ccc(NC2CCCc3occc32)cc1[N+](=O)[O-]. The van der Waals surface area contributed by atoms with Gasteiger partial charge in [0, 0.05) is 29.3 Å². The van der Waals surface area contributed by atoms with Gasteiger partial charge in [0.1, 0.15) is 5.76 Å². The van der Waals surface area contributed by atoms with Crippen LogP contribution in [0.5, 0.6) is 0 Å². The van der Waals surface area contributed by atoms with E-state index < -0.39 is 0 Å². The van der Waals surface area contributed by atoms with E-state index in [0.29, 0.717) is 6.42 Å². The van der Waals surface area contributed by atoms with Gasteiger partial charge in [-0.1, -0.05) is 13.0 Å². The summed E-state index contributed by atoms with van der Waals surface area (Å²) in [4.78, 5) is 10.8. The van der Waals surface area contributed by atoms with E-state index in [1.54, 1.807) is 12.3 Å². The Morgan fingerprint density at radius 1 is 1.43 bits per heavy atom. The molecule has 110 valence electrons. The van der Waals surface area contributed by atoms with E-state index in [2.05, 4.69) is 5.32 Å². The zero-order chi connectivity index (χ0) is 14.8. The molecule has 0 saturated carbocycles. The van der Waals surface area contributed by atoms with Gasteiger partial charge in [0.05, 0.1) is 17.2 Å². The Balaban J connectivity index is 1.86. The molecule has 0 fully saturated rings. The van der Waals surface area contributed by atoms with Gasteiger partial charge in [-0.3, -0.25) is 10.1 Å². The summed E-state index contributed by atoms with van der Waals surface area (Å²) in [5, 5.41) is 14.6. The van der Waals surface area contributed by atoms with Crippen LogP contribution in [0, 0.1) is 10.1 Å². The molecule has 0 amide bonds. The van der Waals surface area contributed by atoms with Crippen LogP contribution in [0.15, 0.2) is 34.9 Å². The molecule has 1 aromatic heterocycles. The van der Waals surface area contributed by atoms with Crippen molar-refractivity contribution in [1.29, 1.82) is 0 Å². The van der Waals surface area contributed by atoms with Crippen molar-refractivity contribution < 1.29 is 9.34 Å². The van der Waals surface area contributed by atoms with Crippen molar-refractivity contribution in [2.45, 2.75) is 38.6 Å². The number of rotatable bonds is 4. The van der Waals surface area contributed by atoms with E-state index in [0.717, 1.165) is 36.3 Å². The minimum absolute atomic E-state index is 0.166. The number of aryl methyl sites for hydroxylation is 2. The average Bonchev–Trinajstić information content (AvgIpc) is 2.96. The van der Waals surface area contributed by atoms with E-state index in [4.69, 9.17) is 4.42 Å². The van der Waals surface area contributed by atoms with E-state index in [1.165, 1.54) is 5.56 Å². The quantitative estimate of drug-likeness (QED) is 0.674. The van der Waals surface area contributed by atoms with Crippen LogP contribution in [-0.4, -0.2) is 4.92 Å². The first-order valence-electron chi connectivity index (χ1n) is 7.29. The number of hydrogen-bond donors (Lipinski definition) is 1. The normalized spacial score (nSPS) is 17.3. The first kappa shape index (κ1) is 13.7. The zero-order valence-corrected chi connectivity index (χ0v) is 12.0. The van der Waals surface area contributed by atoms with Crippen molar-refractivity contribution in [2.24, 2.45) is 0 Å². The van der Waals surface area contributed by atoms with Gasteiger partial charge in [-0.25, -0.2) is 0 Å². The fourth-order valence-electron chi connectivity index (χ4n) is 2.96. The number of furan rings is 1. The molecular formula is C16H18N2O3. The molecule has 0 spiro atoms. The third-order valence-electron chi connectivity index (χ3n) is 4.06. The van der Waals surface area contributed by atoms with Gasteiger partial charge in [-0.2, -0.15) is 0 Å². The minimum atomic E-state index is -0.311. The molecule has 1 aromatic carbocycles. The average molecular weight is 286 g/mol.